The predicted molar refractivity (Wildman–Crippen MR) is 41.8 cm³/mol. The molecule has 0 saturated carbocycles. The van der Waals surface area contributed by atoms with Crippen LogP contribution in [0.15, 0.2) is 0 Å². The van der Waals surface area contributed by atoms with Crippen molar-refractivity contribution in [2.45, 2.75) is 27.7 Å². The molecule has 0 aromatic rings. The summed E-state index contributed by atoms with van der Waals surface area (Å²) < 4.78 is 0. The minimum atomic E-state index is 0. The molecule has 1 nitrogen and oxygen atoms in total. The molecule has 0 saturated heterocycles. The summed E-state index contributed by atoms with van der Waals surface area (Å²) in [5.41, 5.74) is 0. The maximum absolute atomic E-state index is 10.8. The topological polar surface area (TPSA) is 17.1 Å². The van der Waals surface area contributed by atoms with Crippen molar-refractivity contribution in [2.24, 2.45) is 11.8 Å². The van der Waals surface area contributed by atoms with Gasteiger partial charge in [-0.2, -0.15) is 0 Å². The van der Waals surface area contributed by atoms with Crippen LogP contribution in [0.1, 0.15) is 27.7 Å². The molecular weight excluding hydrogens is 123 g/mol. The van der Waals surface area contributed by atoms with Crippen molar-refractivity contribution in [2.75, 3.05) is 0 Å². The standard InChI is InChI=1S/C7H14O.Na.H/c1-5(2)7(8)6(3)4;;/h5-6H,1-4H3;;. The van der Waals surface area contributed by atoms with Gasteiger partial charge in [0.1, 0.15) is 5.78 Å². The number of hydrogen-bond acceptors (Lipinski definition) is 1. The molecule has 0 atom stereocenters. The number of carbonyl (C=O) groups is 1. The van der Waals surface area contributed by atoms with E-state index < -0.39 is 0 Å². The molecule has 50 valence electrons. The first-order valence-electron chi connectivity index (χ1n) is 3.09. The molecule has 9 heavy (non-hydrogen) atoms. The van der Waals surface area contributed by atoms with Crippen molar-refractivity contribution in [1.82, 2.24) is 0 Å². The van der Waals surface area contributed by atoms with E-state index in [0.717, 1.165) is 0 Å². The number of hydrogen-bond donors (Lipinski definition) is 0. The quantitative estimate of drug-likeness (QED) is 0.524. The van der Waals surface area contributed by atoms with E-state index >= 15 is 0 Å². The van der Waals surface area contributed by atoms with E-state index in [1.807, 2.05) is 27.7 Å². The molecule has 0 rings (SSSR count). The van der Waals surface area contributed by atoms with Crippen LogP contribution in [0, 0.1) is 11.8 Å². The van der Waals surface area contributed by atoms with Gasteiger partial charge in [-0.25, -0.2) is 0 Å². The van der Waals surface area contributed by atoms with E-state index in [2.05, 4.69) is 0 Å². The minimum absolute atomic E-state index is 0. The molecule has 0 aliphatic heterocycles. The number of carbonyl (C=O) groups excluding carboxylic acids is 1. The molecule has 0 aromatic heterocycles. The Morgan fingerprint density at radius 3 is 1.22 bits per heavy atom. The molecule has 0 amide bonds. The van der Waals surface area contributed by atoms with Crippen molar-refractivity contribution in [1.29, 1.82) is 0 Å². The first-order chi connectivity index (χ1) is 3.55. The Balaban J connectivity index is 0. The summed E-state index contributed by atoms with van der Waals surface area (Å²) in [5.74, 6) is 0.759. The second-order valence-electron chi connectivity index (χ2n) is 2.71. The van der Waals surface area contributed by atoms with E-state index in [1.165, 1.54) is 0 Å². The monoisotopic (exact) mass is 138 g/mol. The van der Waals surface area contributed by atoms with Crippen LogP contribution in [0.2, 0.25) is 0 Å². The molecule has 0 fully saturated rings. The second-order valence-corrected chi connectivity index (χ2v) is 2.71. The van der Waals surface area contributed by atoms with Gasteiger partial charge >= 0.3 is 29.6 Å². The van der Waals surface area contributed by atoms with Crippen LogP contribution in [-0.4, -0.2) is 35.3 Å². The number of Topliss-reactive ketones (excluding diaryl/α,β-unsaturated/α-hetero) is 1. The average molecular weight is 138 g/mol. The van der Waals surface area contributed by atoms with Crippen LogP contribution < -0.4 is 0 Å². The van der Waals surface area contributed by atoms with Crippen LogP contribution in [0.25, 0.3) is 0 Å². The van der Waals surface area contributed by atoms with Gasteiger partial charge in [0.25, 0.3) is 0 Å². The molecule has 0 N–H and O–H groups in total. The van der Waals surface area contributed by atoms with E-state index in [1.54, 1.807) is 0 Å². The van der Waals surface area contributed by atoms with Gasteiger partial charge in [-0.1, -0.05) is 27.7 Å². The van der Waals surface area contributed by atoms with Gasteiger partial charge in [0.2, 0.25) is 0 Å². The Morgan fingerprint density at radius 2 is 1.22 bits per heavy atom. The van der Waals surface area contributed by atoms with Gasteiger partial charge in [-0.15, -0.1) is 0 Å². The van der Waals surface area contributed by atoms with Crippen molar-refractivity contribution in [3.8, 4) is 0 Å². The third kappa shape index (κ3) is 5.13. The van der Waals surface area contributed by atoms with E-state index in [0.29, 0.717) is 5.78 Å². The Labute approximate surface area is 79.5 Å². The Kier molecular flexibility index (Phi) is 7.49. The molecule has 0 radical (unpaired) electrons. The molecule has 0 spiro atoms. The zero-order valence-electron chi connectivity index (χ0n) is 6.06. The van der Waals surface area contributed by atoms with Gasteiger partial charge in [0.15, 0.2) is 0 Å². The first-order valence-corrected chi connectivity index (χ1v) is 3.09. The van der Waals surface area contributed by atoms with E-state index in [4.69, 9.17) is 0 Å². The second kappa shape index (κ2) is 5.45. The fourth-order valence-corrected chi connectivity index (χ4v) is 0.667. The molecule has 2 heteroatoms. The zero-order valence-corrected chi connectivity index (χ0v) is 6.06. The van der Waals surface area contributed by atoms with Crippen LogP contribution >= 0.6 is 0 Å². The van der Waals surface area contributed by atoms with E-state index in [9.17, 15) is 4.79 Å². The summed E-state index contributed by atoms with van der Waals surface area (Å²) in [6.45, 7) is 7.73. The average Bonchev–Trinajstić information content (AvgIpc) is 1.64. The number of ketones is 1. The number of rotatable bonds is 2. The van der Waals surface area contributed by atoms with Crippen LogP contribution in [-0.2, 0) is 4.79 Å². The van der Waals surface area contributed by atoms with Gasteiger partial charge < -0.3 is 0 Å². The summed E-state index contributed by atoms with van der Waals surface area (Å²) in [4.78, 5) is 10.8. The first kappa shape index (κ1) is 12.4. The molecule has 0 heterocycles. The van der Waals surface area contributed by atoms with Gasteiger partial charge in [-0.3, -0.25) is 4.79 Å². The summed E-state index contributed by atoms with van der Waals surface area (Å²) in [5, 5.41) is 0. The molecule has 0 aliphatic carbocycles. The molecule has 0 aliphatic rings. The predicted octanol–water partition coefficient (Wildman–Crippen LogP) is 1.22. The van der Waals surface area contributed by atoms with Gasteiger partial charge in [0, 0.05) is 11.8 Å². The van der Waals surface area contributed by atoms with Gasteiger partial charge in [-0.05, 0) is 0 Å². The van der Waals surface area contributed by atoms with Crippen molar-refractivity contribution >= 4 is 35.3 Å². The Hall–Kier alpha value is 0.670. The summed E-state index contributed by atoms with van der Waals surface area (Å²) in [7, 11) is 0. The van der Waals surface area contributed by atoms with Crippen molar-refractivity contribution in [3.05, 3.63) is 0 Å². The molecule has 0 aromatic carbocycles. The molecule has 0 unspecified atom stereocenters. The normalized spacial score (nSPS) is 9.56. The van der Waals surface area contributed by atoms with Gasteiger partial charge in [0.05, 0.1) is 0 Å². The van der Waals surface area contributed by atoms with Crippen LogP contribution in [0.3, 0.4) is 0 Å². The third-order valence-corrected chi connectivity index (χ3v) is 1.14. The SMILES string of the molecule is CC(C)C(=O)C(C)C.[NaH]. The fraction of sp³-hybridized carbons (Fsp3) is 0.857. The third-order valence-electron chi connectivity index (χ3n) is 1.14. The fourth-order valence-electron chi connectivity index (χ4n) is 0.667. The molecular formula is C7H15NaO. The Bertz CT molecular complexity index is 76.9. The zero-order chi connectivity index (χ0) is 6.73. The maximum atomic E-state index is 10.8. The van der Waals surface area contributed by atoms with Crippen molar-refractivity contribution in [3.63, 3.8) is 0 Å². The summed E-state index contributed by atoms with van der Waals surface area (Å²) in [6, 6.07) is 0. The van der Waals surface area contributed by atoms with Crippen LogP contribution in [0.4, 0.5) is 0 Å². The Morgan fingerprint density at radius 1 is 1.00 bits per heavy atom. The van der Waals surface area contributed by atoms with Crippen molar-refractivity contribution < 1.29 is 4.79 Å². The summed E-state index contributed by atoms with van der Waals surface area (Å²) in [6.07, 6.45) is 0. The molecule has 0 bridgehead atoms. The summed E-state index contributed by atoms with van der Waals surface area (Å²) >= 11 is 0. The van der Waals surface area contributed by atoms with E-state index in [-0.39, 0.29) is 41.4 Å². The van der Waals surface area contributed by atoms with Crippen LogP contribution in [0.5, 0.6) is 0 Å².